The smallest absolute Gasteiger partial charge is 0.254 e. The number of rotatable bonds is 6. The highest BCUT2D eigenvalue weighted by Gasteiger charge is 2.24. The van der Waals surface area contributed by atoms with Crippen LogP contribution in [-0.2, 0) is 9.53 Å². The minimum absolute atomic E-state index is 0.0204. The molecule has 0 spiro atoms. The molecule has 2 aromatic rings. The van der Waals surface area contributed by atoms with Gasteiger partial charge in [-0.15, -0.1) is 0 Å². The number of hydrogen-bond acceptors (Lipinski definition) is 3. The Morgan fingerprint density at radius 2 is 2.04 bits per heavy atom. The van der Waals surface area contributed by atoms with E-state index in [4.69, 9.17) is 4.74 Å². The van der Waals surface area contributed by atoms with Crippen molar-refractivity contribution in [1.82, 2.24) is 14.8 Å². The number of fused-ring (bicyclic) bond motifs is 1. The Balaban J connectivity index is 1.53. The molecule has 1 saturated heterocycles. The van der Waals surface area contributed by atoms with Gasteiger partial charge in [0, 0.05) is 51.1 Å². The highest BCUT2D eigenvalue weighted by atomic mass is 16.5. The number of nitrogens with zero attached hydrogens (tertiary/aromatic N) is 2. The SMILES string of the molecule is COCCC1CCN(C(=O)CN(C)C(=O)c2ccc3cc[nH]c3c2)CC1. The molecular formula is C20H27N3O3. The molecule has 1 aliphatic rings. The Morgan fingerprint density at radius 1 is 1.27 bits per heavy atom. The number of hydrogen-bond donors (Lipinski definition) is 1. The van der Waals surface area contributed by atoms with Gasteiger partial charge in [-0.3, -0.25) is 9.59 Å². The summed E-state index contributed by atoms with van der Waals surface area (Å²) in [6.07, 6.45) is 4.92. The number of benzene rings is 1. The van der Waals surface area contributed by atoms with Gasteiger partial charge < -0.3 is 19.5 Å². The van der Waals surface area contributed by atoms with Crippen molar-refractivity contribution < 1.29 is 14.3 Å². The van der Waals surface area contributed by atoms with Gasteiger partial charge in [0.2, 0.25) is 5.91 Å². The van der Waals surface area contributed by atoms with Gasteiger partial charge in [-0.2, -0.15) is 0 Å². The number of carbonyl (C=O) groups is 2. The molecule has 0 saturated carbocycles. The van der Waals surface area contributed by atoms with Gasteiger partial charge in [-0.05, 0) is 48.8 Å². The molecule has 140 valence electrons. The topological polar surface area (TPSA) is 65.6 Å². The van der Waals surface area contributed by atoms with Gasteiger partial charge in [0.25, 0.3) is 5.91 Å². The van der Waals surface area contributed by atoms with E-state index >= 15 is 0 Å². The number of ether oxygens (including phenoxy) is 1. The Hall–Kier alpha value is -2.34. The van der Waals surface area contributed by atoms with Gasteiger partial charge in [-0.1, -0.05) is 6.07 Å². The Morgan fingerprint density at radius 3 is 2.77 bits per heavy atom. The van der Waals surface area contributed by atoms with Crippen molar-refractivity contribution in [1.29, 1.82) is 0 Å². The first-order chi connectivity index (χ1) is 12.6. The second kappa shape index (κ2) is 8.36. The highest BCUT2D eigenvalue weighted by molar-refractivity contribution is 5.99. The van der Waals surface area contributed by atoms with E-state index in [-0.39, 0.29) is 18.4 Å². The Kier molecular flexibility index (Phi) is 5.93. The third-order valence-electron chi connectivity index (χ3n) is 5.22. The summed E-state index contributed by atoms with van der Waals surface area (Å²) in [7, 11) is 3.41. The summed E-state index contributed by atoms with van der Waals surface area (Å²) in [6.45, 7) is 2.43. The quantitative estimate of drug-likeness (QED) is 0.864. The van der Waals surface area contributed by atoms with Crippen molar-refractivity contribution in [3.63, 3.8) is 0 Å². The third kappa shape index (κ3) is 4.25. The van der Waals surface area contributed by atoms with Crippen LogP contribution >= 0.6 is 0 Å². The maximum Gasteiger partial charge on any atom is 0.254 e. The number of aromatic nitrogens is 1. The van der Waals surface area contributed by atoms with Crippen molar-refractivity contribution in [2.75, 3.05) is 40.4 Å². The molecule has 0 atom stereocenters. The molecule has 6 heteroatoms. The van der Waals surface area contributed by atoms with Gasteiger partial charge >= 0.3 is 0 Å². The van der Waals surface area contributed by atoms with Gasteiger partial charge in [0.15, 0.2) is 0 Å². The fourth-order valence-electron chi connectivity index (χ4n) is 3.53. The Labute approximate surface area is 154 Å². The first-order valence-corrected chi connectivity index (χ1v) is 9.18. The molecule has 3 rings (SSSR count). The maximum absolute atomic E-state index is 12.6. The van der Waals surface area contributed by atoms with E-state index in [1.54, 1.807) is 20.2 Å². The molecule has 0 aliphatic carbocycles. The van der Waals surface area contributed by atoms with Gasteiger partial charge in [-0.25, -0.2) is 0 Å². The maximum atomic E-state index is 12.6. The molecule has 2 heterocycles. The van der Waals surface area contributed by atoms with Crippen LogP contribution in [0.5, 0.6) is 0 Å². The number of nitrogens with one attached hydrogen (secondary N) is 1. The molecule has 0 bridgehead atoms. The van der Waals surface area contributed by atoms with Crippen molar-refractivity contribution >= 4 is 22.7 Å². The predicted molar refractivity (Wildman–Crippen MR) is 101 cm³/mol. The zero-order valence-corrected chi connectivity index (χ0v) is 15.5. The first-order valence-electron chi connectivity index (χ1n) is 9.18. The van der Waals surface area contributed by atoms with Crippen molar-refractivity contribution in [3.05, 3.63) is 36.0 Å². The fraction of sp³-hybridized carbons (Fsp3) is 0.500. The molecule has 2 amide bonds. The lowest BCUT2D eigenvalue weighted by molar-refractivity contribution is -0.133. The van der Waals surface area contributed by atoms with Crippen LogP contribution in [-0.4, -0.2) is 67.0 Å². The number of methoxy groups -OCH3 is 1. The van der Waals surface area contributed by atoms with Crippen LogP contribution in [0.3, 0.4) is 0 Å². The molecular weight excluding hydrogens is 330 g/mol. The molecule has 0 unspecified atom stereocenters. The Bertz CT molecular complexity index is 763. The summed E-state index contributed by atoms with van der Waals surface area (Å²) >= 11 is 0. The largest absolute Gasteiger partial charge is 0.385 e. The van der Waals surface area contributed by atoms with Crippen LogP contribution in [0, 0.1) is 5.92 Å². The lowest BCUT2D eigenvalue weighted by Crippen LogP contribution is -2.44. The summed E-state index contributed by atoms with van der Waals surface area (Å²) in [4.78, 5) is 31.7. The first kappa shape index (κ1) is 18.5. The van der Waals surface area contributed by atoms with Crippen molar-refractivity contribution in [2.45, 2.75) is 19.3 Å². The summed E-state index contributed by atoms with van der Waals surface area (Å²) in [6, 6.07) is 7.52. The fourth-order valence-corrected chi connectivity index (χ4v) is 3.53. The standard InChI is InChI=1S/C20H27N3O3/c1-22(20(25)17-4-3-16-5-9-21-18(16)13-17)14-19(24)23-10-6-15(7-11-23)8-12-26-2/h3-5,9,13,15,21H,6-8,10-12,14H2,1-2H3. The van der Waals surface area contributed by atoms with Crippen LogP contribution in [0.15, 0.2) is 30.5 Å². The van der Waals surface area contributed by atoms with E-state index in [0.717, 1.165) is 49.9 Å². The summed E-state index contributed by atoms with van der Waals surface area (Å²) in [5.74, 6) is 0.516. The zero-order valence-electron chi connectivity index (χ0n) is 15.5. The van der Waals surface area contributed by atoms with E-state index < -0.39 is 0 Å². The normalized spacial score (nSPS) is 15.4. The molecule has 1 aliphatic heterocycles. The van der Waals surface area contributed by atoms with Crippen LogP contribution in [0.25, 0.3) is 10.9 Å². The van der Waals surface area contributed by atoms with Crippen LogP contribution < -0.4 is 0 Å². The minimum Gasteiger partial charge on any atom is -0.385 e. The number of likely N-dealkylation sites (tertiary alicyclic amines) is 1. The van der Waals surface area contributed by atoms with Gasteiger partial charge in [0.05, 0.1) is 6.54 Å². The third-order valence-corrected chi connectivity index (χ3v) is 5.22. The molecule has 26 heavy (non-hydrogen) atoms. The number of carbonyl (C=O) groups excluding carboxylic acids is 2. The molecule has 1 N–H and O–H groups in total. The molecule has 6 nitrogen and oxygen atoms in total. The molecule has 0 radical (unpaired) electrons. The number of aromatic amines is 1. The van der Waals surface area contributed by atoms with Crippen LogP contribution in [0.4, 0.5) is 0 Å². The number of H-pyrrole nitrogens is 1. The summed E-state index contributed by atoms with van der Waals surface area (Å²) in [5.41, 5.74) is 1.52. The predicted octanol–water partition coefficient (Wildman–Crippen LogP) is 2.52. The van der Waals surface area contributed by atoms with Crippen LogP contribution in [0.2, 0.25) is 0 Å². The molecule has 1 fully saturated rings. The lowest BCUT2D eigenvalue weighted by atomic mass is 9.94. The van der Waals surface area contributed by atoms with E-state index in [0.29, 0.717) is 11.5 Å². The zero-order chi connectivity index (χ0) is 18.5. The summed E-state index contributed by atoms with van der Waals surface area (Å²) in [5, 5.41) is 1.07. The van der Waals surface area contributed by atoms with Crippen molar-refractivity contribution in [3.8, 4) is 0 Å². The molecule has 1 aromatic heterocycles. The number of likely N-dealkylation sites (N-methyl/N-ethyl adjacent to an activating group) is 1. The number of piperidine rings is 1. The second-order valence-electron chi connectivity index (χ2n) is 7.05. The monoisotopic (exact) mass is 357 g/mol. The second-order valence-corrected chi connectivity index (χ2v) is 7.05. The van der Waals surface area contributed by atoms with E-state index in [1.807, 2.05) is 29.3 Å². The van der Waals surface area contributed by atoms with Gasteiger partial charge in [0.1, 0.15) is 0 Å². The average molecular weight is 357 g/mol. The van der Waals surface area contributed by atoms with Crippen LogP contribution in [0.1, 0.15) is 29.6 Å². The molecule has 1 aromatic carbocycles. The minimum atomic E-state index is -0.134. The number of amides is 2. The van der Waals surface area contributed by atoms with Crippen molar-refractivity contribution in [2.24, 2.45) is 5.92 Å². The summed E-state index contributed by atoms with van der Waals surface area (Å²) < 4.78 is 5.13. The van der Waals surface area contributed by atoms with E-state index in [2.05, 4.69) is 4.98 Å². The highest BCUT2D eigenvalue weighted by Crippen LogP contribution is 2.21. The lowest BCUT2D eigenvalue weighted by Gasteiger charge is -2.33. The van der Waals surface area contributed by atoms with E-state index in [9.17, 15) is 9.59 Å². The average Bonchev–Trinajstić information content (AvgIpc) is 3.13. The van der Waals surface area contributed by atoms with E-state index in [1.165, 1.54) is 4.90 Å².